The fraction of sp³-hybridized carbons (Fsp3) is 0.111. The lowest BCUT2D eigenvalue weighted by molar-refractivity contribution is 0.00578. The highest BCUT2D eigenvalue weighted by Gasteiger charge is 2.51. The number of benzene rings is 8. The smallest absolute Gasteiger partial charge is 0.399 e. The molecule has 1 aliphatic heterocycles. The van der Waals surface area contributed by atoms with E-state index in [1.165, 1.54) is 61.2 Å². The summed E-state index contributed by atoms with van der Waals surface area (Å²) < 4.78 is 13.7. The molecular formula is C54H46BBrO2. The minimum Gasteiger partial charge on any atom is -0.399 e. The van der Waals surface area contributed by atoms with Gasteiger partial charge in [0.25, 0.3) is 0 Å². The van der Waals surface area contributed by atoms with E-state index in [4.69, 9.17) is 9.31 Å². The topological polar surface area (TPSA) is 18.5 Å². The van der Waals surface area contributed by atoms with E-state index in [0.717, 1.165) is 15.5 Å². The van der Waals surface area contributed by atoms with Gasteiger partial charge in [0.2, 0.25) is 0 Å². The summed E-state index contributed by atoms with van der Waals surface area (Å²) in [5.74, 6) is 0. The quantitative estimate of drug-likeness (QED) is 0.149. The molecule has 284 valence electrons. The molecule has 1 aliphatic rings. The molecule has 0 radical (unpaired) electrons. The maximum absolute atomic E-state index is 6.30. The second-order valence-corrected chi connectivity index (χ2v) is 16.7. The lowest BCUT2D eigenvalue weighted by Crippen LogP contribution is -2.41. The van der Waals surface area contributed by atoms with E-state index in [0.29, 0.717) is 0 Å². The van der Waals surface area contributed by atoms with Crippen molar-refractivity contribution in [1.82, 2.24) is 0 Å². The molecule has 0 atom stereocenters. The van der Waals surface area contributed by atoms with Crippen molar-refractivity contribution in [3.63, 3.8) is 0 Å². The zero-order chi connectivity index (χ0) is 40.1. The van der Waals surface area contributed by atoms with Crippen molar-refractivity contribution in [2.24, 2.45) is 0 Å². The minimum absolute atomic E-state index is 0.360. The molecule has 4 heteroatoms. The molecule has 2 nitrogen and oxygen atoms in total. The van der Waals surface area contributed by atoms with Gasteiger partial charge < -0.3 is 9.31 Å². The molecular weight excluding hydrogens is 771 g/mol. The fourth-order valence-corrected chi connectivity index (χ4v) is 7.69. The number of halogens is 1. The largest absolute Gasteiger partial charge is 0.494 e. The highest BCUT2D eigenvalue weighted by atomic mass is 79.9. The predicted molar refractivity (Wildman–Crippen MR) is 249 cm³/mol. The third-order valence-electron chi connectivity index (χ3n) is 11.2. The first kappa shape index (κ1) is 39.1. The van der Waals surface area contributed by atoms with Crippen LogP contribution in [-0.2, 0) is 9.31 Å². The van der Waals surface area contributed by atoms with Crippen LogP contribution < -0.4 is 5.46 Å². The Hall–Kier alpha value is -5.78. The van der Waals surface area contributed by atoms with Crippen LogP contribution in [0.3, 0.4) is 0 Å². The summed E-state index contributed by atoms with van der Waals surface area (Å²) in [7, 11) is -0.374. The van der Waals surface area contributed by atoms with Crippen LogP contribution in [-0.4, -0.2) is 18.3 Å². The van der Waals surface area contributed by atoms with E-state index < -0.39 is 0 Å². The van der Waals surface area contributed by atoms with E-state index in [2.05, 4.69) is 250 Å². The van der Waals surface area contributed by atoms with Crippen LogP contribution in [0.2, 0.25) is 0 Å². The van der Waals surface area contributed by atoms with E-state index >= 15 is 0 Å². The average Bonchev–Trinajstić information content (AvgIpc) is 3.50. The van der Waals surface area contributed by atoms with Crippen LogP contribution in [0.4, 0.5) is 0 Å². The normalized spacial score (nSPS) is 14.1. The summed E-state index contributed by atoms with van der Waals surface area (Å²) >= 11 is 3.59. The van der Waals surface area contributed by atoms with Gasteiger partial charge in [0.15, 0.2) is 0 Å². The first-order valence-corrected chi connectivity index (χ1v) is 20.6. The standard InChI is InChI=1S/C30H29BO2.C24H17Br/c1-29(2)30(3,4)33-31(32-29)28-17-11-16-24(21-28)27-19-25(22-12-7-5-8-13-22)18-26(20-27)23-14-9-6-10-15-23;25-24-13-7-12-20(17-24)23-15-21(18-8-3-1-4-9-18)14-22(16-23)19-10-5-2-6-11-19/h5-21H,1-4H3;1-17H. The molecule has 0 aromatic heterocycles. The van der Waals surface area contributed by atoms with E-state index in [9.17, 15) is 0 Å². The van der Waals surface area contributed by atoms with Gasteiger partial charge in [-0.3, -0.25) is 0 Å². The summed E-state index contributed by atoms with van der Waals surface area (Å²) in [6.07, 6.45) is 0. The Kier molecular flexibility index (Phi) is 11.4. The number of rotatable bonds is 7. The van der Waals surface area contributed by atoms with Gasteiger partial charge in [0.05, 0.1) is 11.2 Å². The molecule has 1 fully saturated rings. The molecule has 0 saturated carbocycles. The molecule has 8 aromatic rings. The second kappa shape index (κ2) is 17.0. The van der Waals surface area contributed by atoms with Crippen LogP contribution in [0, 0.1) is 0 Å². The molecule has 0 N–H and O–H groups in total. The molecule has 0 amide bonds. The van der Waals surface area contributed by atoms with Crippen molar-refractivity contribution in [2.45, 2.75) is 38.9 Å². The van der Waals surface area contributed by atoms with E-state index in [1.54, 1.807) is 0 Å². The fourth-order valence-electron chi connectivity index (χ4n) is 7.29. The van der Waals surface area contributed by atoms with Crippen molar-refractivity contribution in [2.75, 3.05) is 0 Å². The summed E-state index contributed by atoms with van der Waals surface area (Å²) in [4.78, 5) is 0. The Balaban J connectivity index is 0.000000168. The van der Waals surface area contributed by atoms with E-state index in [1.807, 2.05) is 0 Å². The summed E-state index contributed by atoms with van der Waals surface area (Å²) in [6.45, 7) is 8.36. The van der Waals surface area contributed by atoms with Gasteiger partial charge in [-0.25, -0.2) is 0 Å². The van der Waals surface area contributed by atoms with Gasteiger partial charge in [-0.1, -0.05) is 174 Å². The predicted octanol–water partition coefficient (Wildman–Crippen LogP) is 14.4. The molecule has 9 rings (SSSR count). The number of hydrogen-bond acceptors (Lipinski definition) is 2. The molecule has 8 aromatic carbocycles. The lowest BCUT2D eigenvalue weighted by Gasteiger charge is -2.32. The highest BCUT2D eigenvalue weighted by molar-refractivity contribution is 9.10. The Morgan fingerprint density at radius 2 is 0.603 bits per heavy atom. The Labute approximate surface area is 352 Å². The van der Waals surface area contributed by atoms with Gasteiger partial charge in [-0.2, -0.15) is 0 Å². The molecule has 0 unspecified atom stereocenters. The average molecular weight is 818 g/mol. The van der Waals surface area contributed by atoms with Gasteiger partial charge in [0.1, 0.15) is 0 Å². The first-order valence-electron chi connectivity index (χ1n) is 19.9. The third kappa shape index (κ3) is 8.86. The molecule has 58 heavy (non-hydrogen) atoms. The molecule has 1 saturated heterocycles. The molecule has 0 aliphatic carbocycles. The summed E-state index contributed by atoms with van der Waals surface area (Å²) in [5.41, 5.74) is 14.8. The third-order valence-corrected chi connectivity index (χ3v) is 11.7. The zero-order valence-corrected chi connectivity index (χ0v) is 35.0. The molecule has 1 heterocycles. The van der Waals surface area contributed by atoms with Crippen LogP contribution in [0.5, 0.6) is 0 Å². The van der Waals surface area contributed by atoms with Crippen LogP contribution in [0.15, 0.2) is 211 Å². The Morgan fingerprint density at radius 1 is 0.310 bits per heavy atom. The van der Waals surface area contributed by atoms with Crippen molar-refractivity contribution < 1.29 is 9.31 Å². The van der Waals surface area contributed by atoms with Crippen molar-refractivity contribution >= 4 is 28.5 Å². The molecule has 0 spiro atoms. The molecule has 0 bridgehead atoms. The SMILES string of the molecule is Brc1cccc(-c2cc(-c3ccccc3)cc(-c3ccccc3)c2)c1.CC1(C)OB(c2cccc(-c3cc(-c4ccccc4)cc(-c4ccccc4)c3)c2)OC1(C)C. The summed E-state index contributed by atoms with van der Waals surface area (Å²) in [6, 6.07) is 72.8. The van der Waals surface area contributed by atoms with Gasteiger partial charge in [-0.15, -0.1) is 0 Å². The first-order chi connectivity index (χ1) is 28.1. The maximum atomic E-state index is 6.30. The van der Waals surface area contributed by atoms with Crippen molar-refractivity contribution in [3.05, 3.63) is 211 Å². The van der Waals surface area contributed by atoms with Crippen LogP contribution >= 0.6 is 15.9 Å². The van der Waals surface area contributed by atoms with Crippen molar-refractivity contribution in [3.8, 4) is 66.8 Å². The monoisotopic (exact) mass is 816 g/mol. The highest BCUT2D eigenvalue weighted by Crippen LogP contribution is 2.38. The maximum Gasteiger partial charge on any atom is 0.494 e. The number of hydrogen-bond donors (Lipinski definition) is 0. The van der Waals surface area contributed by atoms with Crippen LogP contribution in [0.25, 0.3) is 66.8 Å². The Bertz CT molecular complexity index is 2490. The van der Waals surface area contributed by atoms with Gasteiger partial charge in [-0.05, 0) is 148 Å². The van der Waals surface area contributed by atoms with E-state index in [-0.39, 0.29) is 18.3 Å². The lowest BCUT2D eigenvalue weighted by atomic mass is 9.78. The van der Waals surface area contributed by atoms with Crippen LogP contribution in [0.1, 0.15) is 27.7 Å². The van der Waals surface area contributed by atoms with Crippen molar-refractivity contribution in [1.29, 1.82) is 0 Å². The zero-order valence-electron chi connectivity index (χ0n) is 33.4. The van der Waals surface area contributed by atoms with Gasteiger partial charge >= 0.3 is 7.12 Å². The Morgan fingerprint density at radius 3 is 0.948 bits per heavy atom. The summed E-state index contributed by atoms with van der Waals surface area (Å²) in [5, 5.41) is 0. The van der Waals surface area contributed by atoms with Gasteiger partial charge in [0, 0.05) is 4.47 Å². The minimum atomic E-state index is -0.374. The second-order valence-electron chi connectivity index (χ2n) is 15.8.